The molecule has 1 fully saturated rings. The summed E-state index contributed by atoms with van der Waals surface area (Å²) in [5.41, 5.74) is 0. The predicted molar refractivity (Wildman–Crippen MR) is 40.5 cm³/mol. The highest BCUT2D eigenvalue weighted by Crippen LogP contribution is 2.29. The van der Waals surface area contributed by atoms with Gasteiger partial charge in [-0.05, 0) is 18.8 Å². The maximum atomic E-state index is 10.0. The van der Waals surface area contributed by atoms with Gasteiger partial charge in [-0.15, -0.1) is 0 Å². The highest BCUT2D eigenvalue weighted by Gasteiger charge is 2.34. The molecule has 0 spiro atoms. The lowest BCUT2D eigenvalue weighted by molar-refractivity contribution is -0.110. The normalized spacial score (nSPS) is 20.2. The van der Waals surface area contributed by atoms with Crippen molar-refractivity contribution in [3.05, 3.63) is 0 Å². The first kappa shape index (κ1) is 8.55. The molecule has 11 heavy (non-hydrogen) atoms. The van der Waals surface area contributed by atoms with Crippen LogP contribution < -0.4 is 5.32 Å². The molecule has 4 nitrogen and oxygen atoms in total. The van der Waals surface area contributed by atoms with E-state index in [1.807, 2.05) is 0 Å². The second-order valence-corrected chi connectivity index (χ2v) is 2.91. The van der Waals surface area contributed by atoms with E-state index in [-0.39, 0.29) is 5.92 Å². The van der Waals surface area contributed by atoms with E-state index in [9.17, 15) is 4.79 Å². The first-order chi connectivity index (χ1) is 5.25. The van der Waals surface area contributed by atoms with E-state index in [1.165, 1.54) is 0 Å². The number of hydrogen-bond acceptors (Lipinski definition) is 3. The fourth-order valence-electron chi connectivity index (χ4n) is 1.34. The average molecular weight is 157 g/mol. The minimum Gasteiger partial charge on any atom is -0.426 e. The summed E-state index contributed by atoms with van der Waals surface area (Å²) in [5.74, 6) is -0.221. The quantitative estimate of drug-likeness (QED) is 0.358. The van der Waals surface area contributed by atoms with E-state index < -0.39 is 13.1 Å². The molecule has 62 valence electrons. The molecule has 0 aromatic carbocycles. The standard InChI is InChI=1S/C6H12BNO3/c9-4-8-6(7(10)11)5-2-1-3-5/h4-6,10-11H,1-3H2,(H,8,9). The van der Waals surface area contributed by atoms with Crippen LogP contribution in [0.25, 0.3) is 0 Å². The van der Waals surface area contributed by atoms with Crippen molar-refractivity contribution in [2.45, 2.75) is 25.2 Å². The van der Waals surface area contributed by atoms with Crippen LogP contribution in [-0.2, 0) is 4.79 Å². The van der Waals surface area contributed by atoms with Gasteiger partial charge in [0.05, 0.1) is 5.94 Å². The van der Waals surface area contributed by atoms with Crippen LogP contribution in [0.15, 0.2) is 0 Å². The molecular formula is C6H12BNO3. The Morgan fingerprint density at radius 3 is 2.45 bits per heavy atom. The summed E-state index contributed by atoms with van der Waals surface area (Å²) < 4.78 is 0. The third-order valence-electron chi connectivity index (χ3n) is 2.24. The Kier molecular flexibility index (Phi) is 2.90. The third-order valence-corrected chi connectivity index (χ3v) is 2.24. The molecule has 1 unspecified atom stereocenters. The molecule has 1 atom stereocenters. The molecule has 0 aromatic heterocycles. The number of amides is 1. The second-order valence-electron chi connectivity index (χ2n) is 2.91. The summed E-state index contributed by atoms with van der Waals surface area (Å²) in [4.78, 5) is 10.0. The maximum absolute atomic E-state index is 10.0. The molecule has 1 amide bonds. The van der Waals surface area contributed by atoms with Gasteiger partial charge in [-0.2, -0.15) is 0 Å². The predicted octanol–water partition coefficient (Wildman–Crippen LogP) is -1.09. The number of rotatable bonds is 4. The van der Waals surface area contributed by atoms with Crippen molar-refractivity contribution in [2.24, 2.45) is 5.92 Å². The van der Waals surface area contributed by atoms with E-state index in [4.69, 9.17) is 10.0 Å². The van der Waals surface area contributed by atoms with Crippen molar-refractivity contribution in [3.63, 3.8) is 0 Å². The summed E-state index contributed by atoms with van der Waals surface area (Å²) in [5, 5.41) is 20.0. The van der Waals surface area contributed by atoms with Gasteiger partial charge in [-0.1, -0.05) is 6.42 Å². The molecule has 1 aliphatic rings. The third kappa shape index (κ3) is 1.94. The van der Waals surface area contributed by atoms with Gasteiger partial charge < -0.3 is 15.4 Å². The van der Waals surface area contributed by atoms with Crippen LogP contribution in [-0.4, -0.2) is 29.5 Å². The average Bonchev–Trinajstić information content (AvgIpc) is 1.82. The molecule has 0 saturated heterocycles. The summed E-state index contributed by atoms with van der Waals surface area (Å²) >= 11 is 0. The first-order valence-corrected chi connectivity index (χ1v) is 3.81. The van der Waals surface area contributed by atoms with E-state index in [2.05, 4.69) is 5.32 Å². The monoisotopic (exact) mass is 157 g/mol. The molecule has 0 heterocycles. The van der Waals surface area contributed by atoms with Gasteiger partial charge in [0.1, 0.15) is 0 Å². The van der Waals surface area contributed by atoms with Crippen LogP contribution in [0.2, 0.25) is 0 Å². The topological polar surface area (TPSA) is 69.6 Å². The Balaban J connectivity index is 2.37. The smallest absolute Gasteiger partial charge is 0.426 e. The highest BCUT2D eigenvalue weighted by atomic mass is 16.4. The Morgan fingerprint density at radius 2 is 2.18 bits per heavy atom. The molecule has 3 N–H and O–H groups in total. The van der Waals surface area contributed by atoms with E-state index in [0.717, 1.165) is 19.3 Å². The van der Waals surface area contributed by atoms with Crippen LogP contribution in [0.4, 0.5) is 0 Å². The van der Waals surface area contributed by atoms with Gasteiger partial charge in [0.2, 0.25) is 6.41 Å². The fourth-order valence-corrected chi connectivity index (χ4v) is 1.34. The number of carbonyl (C=O) groups excluding carboxylic acids is 1. The zero-order chi connectivity index (χ0) is 8.27. The molecule has 0 bridgehead atoms. The van der Waals surface area contributed by atoms with Crippen molar-refractivity contribution >= 4 is 13.5 Å². The van der Waals surface area contributed by atoms with Crippen molar-refractivity contribution in [3.8, 4) is 0 Å². The fraction of sp³-hybridized carbons (Fsp3) is 0.833. The molecule has 1 saturated carbocycles. The van der Waals surface area contributed by atoms with Gasteiger partial charge >= 0.3 is 7.12 Å². The molecule has 1 aliphatic carbocycles. The van der Waals surface area contributed by atoms with Crippen LogP contribution in [0.5, 0.6) is 0 Å². The Morgan fingerprint density at radius 1 is 1.55 bits per heavy atom. The Bertz CT molecular complexity index is 138. The molecule has 0 aromatic rings. The Hall–Kier alpha value is -0.545. The molecule has 0 aliphatic heterocycles. The lowest BCUT2D eigenvalue weighted by atomic mass is 9.64. The van der Waals surface area contributed by atoms with Gasteiger partial charge in [0.25, 0.3) is 0 Å². The molecule has 1 rings (SSSR count). The van der Waals surface area contributed by atoms with E-state index >= 15 is 0 Å². The minimum absolute atomic E-state index is 0.250. The maximum Gasteiger partial charge on any atom is 0.475 e. The molecule has 0 radical (unpaired) electrons. The first-order valence-electron chi connectivity index (χ1n) is 3.81. The van der Waals surface area contributed by atoms with E-state index in [1.54, 1.807) is 0 Å². The van der Waals surface area contributed by atoms with Crippen LogP contribution in [0.1, 0.15) is 19.3 Å². The summed E-state index contributed by atoms with van der Waals surface area (Å²) in [6, 6.07) is 0. The van der Waals surface area contributed by atoms with Crippen molar-refractivity contribution < 1.29 is 14.8 Å². The number of carbonyl (C=O) groups is 1. The molecule has 5 heteroatoms. The van der Waals surface area contributed by atoms with Gasteiger partial charge in [-0.3, -0.25) is 4.79 Å². The zero-order valence-electron chi connectivity index (χ0n) is 6.23. The molecular weight excluding hydrogens is 145 g/mol. The largest absolute Gasteiger partial charge is 0.475 e. The lowest BCUT2D eigenvalue weighted by Crippen LogP contribution is -2.50. The van der Waals surface area contributed by atoms with Crippen molar-refractivity contribution in [1.29, 1.82) is 0 Å². The summed E-state index contributed by atoms with van der Waals surface area (Å²) in [6.45, 7) is 0. The second kappa shape index (κ2) is 3.73. The van der Waals surface area contributed by atoms with E-state index in [0.29, 0.717) is 6.41 Å². The van der Waals surface area contributed by atoms with Crippen molar-refractivity contribution in [1.82, 2.24) is 5.32 Å². The number of nitrogens with one attached hydrogen (secondary N) is 1. The van der Waals surface area contributed by atoms with Crippen molar-refractivity contribution in [2.75, 3.05) is 0 Å². The number of hydrogen-bond donors (Lipinski definition) is 3. The lowest BCUT2D eigenvalue weighted by Gasteiger charge is -2.32. The van der Waals surface area contributed by atoms with Gasteiger partial charge in [0, 0.05) is 0 Å². The zero-order valence-corrected chi connectivity index (χ0v) is 6.23. The van der Waals surface area contributed by atoms with Gasteiger partial charge in [0.15, 0.2) is 0 Å². The Labute approximate surface area is 65.8 Å². The summed E-state index contributed by atoms with van der Waals surface area (Å²) in [7, 11) is -1.43. The van der Waals surface area contributed by atoms with Gasteiger partial charge in [-0.25, -0.2) is 0 Å². The van der Waals surface area contributed by atoms with Crippen LogP contribution >= 0.6 is 0 Å². The SMILES string of the molecule is O=CNC(B(O)O)C1CCC1. The summed E-state index contributed by atoms with van der Waals surface area (Å²) in [6.07, 6.45) is 3.59. The van der Waals surface area contributed by atoms with Crippen LogP contribution in [0, 0.1) is 5.92 Å². The van der Waals surface area contributed by atoms with Crippen LogP contribution in [0.3, 0.4) is 0 Å². The minimum atomic E-state index is -1.43. The highest BCUT2D eigenvalue weighted by molar-refractivity contribution is 6.43.